The van der Waals surface area contributed by atoms with Gasteiger partial charge in [0.25, 0.3) is 5.91 Å². The Morgan fingerprint density at radius 3 is 2.70 bits per heavy atom. The van der Waals surface area contributed by atoms with Gasteiger partial charge in [-0.15, -0.1) is 0 Å². The molecule has 0 saturated carbocycles. The van der Waals surface area contributed by atoms with E-state index in [0.29, 0.717) is 11.4 Å². The molecule has 0 aliphatic heterocycles. The van der Waals surface area contributed by atoms with Crippen LogP contribution < -0.4 is 10.1 Å². The molecule has 142 valence electrons. The third-order valence-corrected chi connectivity index (χ3v) is 3.66. The smallest absolute Gasteiger partial charge is 0.338 e. The molecule has 27 heavy (non-hydrogen) atoms. The molecular weight excluding hydrogens is 374 g/mol. The zero-order chi connectivity index (χ0) is 19.8. The summed E-state index contributed by atoms with van der Waals surface area (Å²) in [5, 5.41) is 2.80. The molecule has 1 N–H and O–H groups in total. The Hall–Kier alpha value is -3.13. The summed E-state index contributed by atoms with van der Waals surface area (Å²) in [7, 11) is 2.96. The van der Waals surface area contributed by atoms with Gasteiger partial charge in [0.05, 0.1) is 19.2 Å². The Kier molecular flexibility index (Phi) is 7.13. The van der Waals surface area contributed by atoms with Crippen molar-refractivity contribution in [2.75, 3.05) is 32.6 Å². The minimum atomic E-state index is -0.707. The number of carbonyl (C=O) groups excluding carboxylic acids is 3. The van der Waals surface area contributed by atoms with E-state index in [1.54, 1.807) is 24.3 Å². The Morgan fingerprint density at radius 1 is 1.22 bits per heavy atom. The fourth-order valence-corrected chi connectivity index (χ4v) is 2.23. The molecule has 0 radical (unpaired) electrons. The number of benzene rings is 1. The van der Waals surface area contributed by atoms with Crippen molar-refractivity contribution in [2.45, 2.75) is 0 Å². The molecule has 0 unspecified atom stereocenters. The van der Waals surface area contributed by atoms with Crippen molar-refractivity contribution in [1.82, 2.24) is 9.88 Å². The van der Waals surface area contributed by atoms with Crippen LogP contribution in [0.5, 0.6) is 5.75 Å². The highest BCUT2D eigenvalue weighted by atomic mass is 35.5. The van der Waals surface area contributed by atoms with Crippen LogP contribution in [0.4, 0.5) is 5.69 Å². The minimum Gasteiger partial charge on any atom is -0.497 e. The molecule has 0 spiro atoms. The van der Waals surface area contributed by atoms with E-state index in [4.69, 9.17) is 21.1 Å². The molecule has 0 saturated heterocycles. The number of carbonyl (C=O) groups is 3. The van der Waals surface area contributed by atoms with E-state index in [-0.39, 0.29) is 17.3 Å². The fraction of sp³-hybridized carbons (Fsp3) is 0.222. The second kappa shape index (κ2) is 9.54. The van der Waals surface area contributed by atoms with Gasteiger partial charge in [0.1, 0.15) is 10.9 Å². The van der Waals surface area contributed by atoms with E-state index in [1.165, 1.54) is 32.5 Å². The normalized spacial score (nSPS) is 10.0. The molecule has 0 aliphatic carbocycles. The molecule has 2 rings (SSSR count). The van der Waals surface area contributed by atoms with Gasteiger partial charge in [-0.3, -0.25) is 9.59 Å². The van der Waals surface area contributed by atoms with Crippen LogP contribution in [0.1, 0.15) is 10.4 Å². The highest BCUT2D eigenvalue weighted by Crippen LogP contribution is 2.16. The van der Waals surface area contributed by atoms with Gasteiger partial charge in [-0.1, -0.05) is 17.7 Å². The summed E-state index contributed by atoms with van der Waals surface area (Å²) >= 11 is 5.70. The number of hydrogen-bond acceptors (Lipinski definition) is 6. The lowest BCUT2D eigenvalue weighted by atomic mass is 10.3. The quantitative estimate of drug-likeness (QED) is 0.572. The third-order valence-electron chi connectivity index (χ3n) is 3.45. The SMILES string of the molecule is COc1cccc(NC(=O)CN(C)C(=O)COC(=O)c2ccnc(Cl)c2)c1. The number of nitrogens with zero attached hydrogens (tertiary/aromatic N) is 2. The predicted molar refractivity (Wildman–Crippen MR) is 98.8 cm³/mol. The molecule has 2 aromatic rings. The van der Waals surface area contributed by atoms with Gasteiger partial charge >= 0.3 is 5.97 Å². The number of pyridine rings is 1. The van der Waals surface area contributed by atoms with Crippen LogP contribution in [0, 0.1) is 0 Å². The lowest BCUT2D eigenvalue weighted by Crippen LogP contribution is -2.37. The van der Waals surface area contributed by atoms with Gasteiger partial charge in [-0.05, 0) is 24.3 Å². The van der Waals surface area contributed by atoms with Crippen LogP contribution in [-0.4, -0.2) is 55.0 Å². The Morgan fingerprint density at radius 2 is 2.00 bits per heavy atom. The number of ether oxygens (including phenoxy) is 2. The predicted octanol–water partition coefficient (Wildman–Crippen LogP) is 2.00. The van der Waals surface area contributed by atoms with Crippen molar-refractivity contribution in [3.05, 3.63) is 53.3 Å². The van der Waals surface area contributed by atoms with Crippen molar-refractivity contribution in [3.63, 3.8) is 0 Å². The highest BCUT2D eigenvalue weighted by Gasteiger charge is 2.16. The van der Waals surface area contributed by atoms with Crippen molar-refractivity contribution < 1.29 is 23.9 Å². The van der Waals surface area contributed by atoms with E-state index >= 15 is 0 Å². The number of rotatable bonds is 7. The van der Waals surface area contributed by atoms with E-state index in [0.717, 1.165) is 4.90 Å². The summed E-state index contributed by atoms with van der Waals surface area (Å²) in [5.41, 5.74) is 0.724. The molecular formula is C18H18ClN3O5. The Bertz CT molecular complexity index is 843. The number of nitrogens with one attached hydrogen (secondary N) is 1. The monoisotopic (exact) mass is 391 g/mol. The molecule has 0 bridgehead atoms. The average molecular weight is 392 g/mol. The van der Waals surface area contributed by atoms with Crippen LogP contribution in [0.3, 0.4) is 0 Å². The second-order valence-electron chi connectivity index (χ2n) is 5.47. The van der Waals surface area contributed by atoms with E-state index < -0.39 is 24.4 Å². The molecule has 1 heterocycles. The van der Waals surface area contributed by atoms with Gasteiger partial charge in [0, 0.05) is 25.0 Å². The third kappa shape index (κ3) is 6.27. The molecule has 2 amide bonds. The highest BCUT2D eigenvalue weighted by molar-refractivity contribution is 6.29. The molecule has 1 aromatic heterocycles. The van der Waals surface area contributed by atoms with E-state index in [9.17, 15) is 14.4 Å². The largest absolute Gasteiger partial charge is 0.497 e. The van der Waals surface area contributed by atoms with Gasteiger partial charge in [-0.25, -0.2) is 9.78 Å². The lowest BCUT2D eigenvalue weighted by molar-refractivity contribution is -0.136. The molecule has 8 nitrogen and oxygen atoms in total. The maximum Gasteiger partial charge on any atom is 0.338 e. The molecule has 0 aliphatic rings. The van der Waals surface area contributed by atoms with Crippen LogP contribution >= 0.6 is 11.6 Å². The van der Waals surface area contributed by atoms with Crippen LogP contribution in [0.25, 0.3) is 0 Å². The molecule has 0 atom stereocenters. The standard InChI is InChI=1S/C18H18ClN3O5/c1-22(10-16(23)21-13-4-3-5-14(9-13)26-2)17(24)11-27-18(25)12-6-7-20-15(19)8-12/h3-9H,10-11H2,1-2H3,(H,21,23). The van der Waals surface area contributed by atoms with Crippen LogP contribution in [0.2, 0.25) is 5.15 Å². The molecule has 9 heteroatoms. The number of halogens is 1. The number of aromatic nitrogens is 1. The first kappa shape index (κ1) is 20.2. The van der Waals surface area contributed by atoms with Crippen molar-refractivity contribution in [2.24, 2.45) is 0 Å². The Balaban J connectivity index is 1.82. The summed E-state index contributed by atoms with van der Waals surface area (Å²) in [6, 6.07) is 9.58. The first-order valence-corrected chi connectivity index (χ1v) is 8.23. The summed E-state index contributed by atoms with van der Waals surface area (Å²) in [6.45, 7) is -0.698. The zero-order valence-electron chi connectivity index (χ0n) is 14.8. The number of anilines is 1. The second-order valence-corrected chi connectivity index (χ2v) is 5.86. The first-order valence-electron chi connectivity index (χ1n) is 7.85. The number of hydrogen-bond donors (Lipinski definition) is 1. The first-order chi connectivity index (χ1) is 12.9. The number of likely N-dealkylation sites (N-methyl/N-ethyl adjacent to an activating group) is 1. The van der Waals surface area contributed by atoms with Crippen molar-refractivity contribution in [1.29, 1.82) is 0 Å². The summed E-state index contributed by atoms with van der Waals surface area (Å²) < 4.78 is 10.0. The zero-order valence-corrected chi connectivity index (χ0v) is 15.5. The van der Waals surface area contributed by atoms with Crippen LogP contribution in [0.15, 0.2) is 42.6 Å². The van der Waals surface area contributed by atoms with E-state index in [2.05, 4.69) is 10.3 Å². The summed E-state index contributed by atoms with van der Waals surface area (Å²) in [6.07, 6.45) is 1.36. The fourth-order valence-electron chi connectivity index (χ4n) is 2.06. The number of methoxy groups -OCH3 is 1. The molecule has 1 aromatic carbocycles. The van der Waals surface area contributed by atoms with Gasteiger partial charge in [-0.2, -0.15) is 0 Å². The number of esters is 1. The average Bonchev–Trinajstić information content (AvgIpc) is 2.65. The van der Waals surface area contributed by atoms with Gasteiger partial charge in [0.2, 0.25) is 5.91 Å². The maximum absolute atomic E-state index is 12.0. The summed E-state index contributed by atoms with van der Waals surface area (Å²) in [4.78, 5) is 40.9. The molecule has 0 fully saturated rings. The van der Waals surface area contributed by atoms with Gasteiger partial charge < -0.3 is 19.7 Å². The lowest BCUT2D eigenvalue weighted by Gasteiger charge is -2.17. The number of amides is 2. The van der Waals surface area contributed by atoms with Crippen molar-refractivity contribution in [3.8, 4) is 5.75 Å². The minimum absolute atomic E-state index is 0.141. The maximum atomic E-state index is 12.0. The van der Waals surface area contributed by atoms with Gasteiger partial charge in [0.15, 0.2) is 6.61 Å². The Labute approximate surface area is 161 Å². The van der Waals surface area contributed by atoms with Crippen LogP contribution in [-0.2, 0) is 14.3 Å². The topological polar surface area (TPSA) is 97.8 Å². The van der Waals surface area contributed by atoms with Crippen molar-refractivity contribution >= 4 is 35.1 Å². The summed E-state index contributed by atoms with van der Waals surface area (Å²) in [5.74, 6) is -1.03. The van der Waals surface area contributed by atoms with E-state index in [1.807, 2.05) is 0 Å².